The predicted molar refractivity (Wildman–Crippen MR) is 83.2 cm³/mol. The number of carbonyl (C=O) groups excluding carboxylic acids is 1. The maximum Gasteiger partial charge on any atom is 0.315 e. The molecule has 1 rings (SSSR count). The number of hydrogen-bond acceptors (Lipinski definition) is 2. The van der Waals surface area contributed by atoms with E-state index in [0.717, 1.165) is 18.8 Å². The molecule has 0 aromatic rings. The third kappa shape index (κ3) is 6.82. The van der Waals surface area contributed by atoms with E-state index in [-0.39, 0.29) is 30.5 Å². The van der Waals surface area contributed by atoms with Gasteiger partial charge in [-0.05, 0) is 37.5 Å². The summed E-state index contributed by atoms with van der Waals surface area (Å²) >= 11 is 0. The number of urea groups is 1. The lowest BCUT2D eigenvalue weighted by molar-refractivity contribution is -0.137. The Labute approximate surface area is 127 Å². The summed E-state index contributed by atoms with van der Waals surface area (Å²) in [6.45, 7) is 6.06. The summed E-state index contributed by atoms with van der Waals surface area (Å²) in [5.41, 5.74) is 0. The highest BCUT2D eigenvalue weighted by Crippen LogP contribution is 2.27. The Morgan fingerprint density at radius 3 is 2.29 bits per heavy atom. The van der Waals surface area contributed by atoms with Gasteiger partial charge in [0, 0.05) is 12.1 Å². The summed E-state index contributed by atoms with van der Waals surface area (Å²) in [6, 6.07) is -0.316. The summed E-state index contributed by atoms with van der Waals surface area (Å²) in [4.78, 5) is 22.8. The molecule has 0 heterocycles. The highest BCUT2D eigenvalue weighted by molar-refractivity contribution is 5.76. The molecule has 0 aromatic carbocycles. The van der Waals surface area contributed by atoms with Crippen LogP contribution in [-0.4, -0.2) is 29.2 Å². The molecule has 1 unspecified atom stereocenters. The summed E-state index contributed by atoms with van der Waals surface area (Å²) in [5.74, 6) is 0.0350. The van der Waals surface area contributed by atoms with E-state index in [2.05, 4.69) is 17.6 Å². The first-order chi connectivity index (χ1) is 9.92. The largest absolute Gasteiger partial charge is 0.481 e. The monoisotopic (exact) mass is 298 g/mol. The molecule has 3 N–H and O–H groups in total. The molecule has 5 heteroatoms. The summed E-state index contributed by atoms with van der Waals surface area (Å²) in [6.07, 6.45) is 6.91. The van der Waals surface area contributed by atoms with E-state index in [1.165, 1.54) is 25.7 Å². The van der Waals surface area contributed by atoms with Gasteiger partial charge in [0.1, 0.15) is 0 Å². The fourth-order valence-corrected chi connectivity index (χ4v) is 3.04. The minimum atomic E-state index is -0.880. The number of carboxylic acid groups (broad SMARTS) is 1. The molecule has 1 fully saturated rings. The summed E-state index contributed by atoms with van der Waals surface area (Å²) in [5, 5.41) is 14.7. The van der Waals surface area contributed by atoms with Gasteiger partial charge in [-0.25, -0.2) is 4.79 Å². The number of amides is 2. The lowest BCUT2D eigenvalue weighted by Crippen LogP contribution is -2.49. The Hall–Kier alpha value is -1.26. The first kappa shape index (κ1) is 17.8. The van der Waals surface area contributed by atoms with Crippen molar-refractivity contribution in [1.82, 2.24) is 10.6 Å². The Kier molecular flexibility index (Phi) is 7.54. The standard InChI is InChI=1S/C16H30N2O3/c1-4-5-12-6-8-13(9-7-12)17-16(21)18-14(11(2)3)10-15(19)20/h11-14H,4-10H2,1-3H3,(H,19,20)(H2,17,18,21). The van der Waals surface area contributed by atoms with Crippen molar-refractivity contribution in [1.29, 1.82) is 0 Å². The molecular formula is C16H30N2O3. The third-order valence-electron chi connectivity index (χ3n) is 4.39. The second-order valence-corrected chi connectivity index (χ2v) is 6.57. The molecule has 122 valence electrons. The Morgan fingerprint density at radius 1 is 1.19 bits per heavy atom. The van der Waals surface area contributed by atoms with Gasteiger partial charge in [-0.2, -0.15) is 0 Å². The van der Waals surface area contributed by atoms with Crippen LogP contribution in [-0.2, 0) is 4.79 Å². The number of carbonyl (C=O) groups is 2. The van der Waals surface area contributed by atoms with Crippen LogP contribution in [0.15, 0.2) is 0 Å². The second-order valence-electron chi connectivity index (χ2n) is 6.57. The average Bonchev–Trinajstić information content (AvgIpc) is 2.40. The lowest BCUT2D eigenvalue weighted by atomic mass is 9.83. The van der Waals surface area contributed by atoms with E-state index in [1.54, 1.807) is 0 Å². The van der Waals surface area contributed by atoms with E-state index >= 15 is 0 Å². The Morgan fingerprint density at radius 2 is 1.81 bits per heavy atom. The molecule has 0 spiro atoms. The van der Waals surface area contributed by atoms with Crippen LogP contribution in [0.5, 0.6) is 0 Å². The van der Waals surface area contributed by atoms with Crippen molar-refractivity contribution >= 4 is 12.0 Å². The SMILES string of the molecule is CCCC1CCC(NC(=O)NC(CC(=O)O)C(C)C)CC1. The molecule has 21 heavy (non-hydrogen) atoms. The van der Waals surface area contributed by atoms with E-state index in [0.29, 0.717) is 0 Å². The van der Waals surface area contributed by atoms with Gasteiger partial charge in [0.25, 0.3) is 0 Å². The molecule has 0 radical (unpaired) electrons. The molecule has 1 saturated carbocycles. The van der Waals surface area contributed by atoms with Crippen molar-refractivity contribution in [2.75, 3.05) is 0 Å². The van der Waals surface area contributed by atoms with Gasteiger partial charge in [0.2, 0.25) is 0 Å². The number of hydrogen-bond donors (Lipinski definition) is 3. The normalized spacial score (nSPS) is 23.6. The van der Waals surface area contributed by atoms with Gasteiger partial charge >= 0.3 is 12.0 Å². The van der Waals surface area contributed by atoms with Gasteiger partial charge < -0.3 is 15.7 Å². The molecular weight excluding hydrogens is 268 g/mol. The zero-order chi connectivity index (χ0) is 15.8. The van der Waals surface area contributed by atoms with Crippen LogP contribution in [0, 0.1) is 11.8 Å². The number of nitrogens with one attached hydrogen (secondary N) is 2. The summed E-state index contributed by atoms with van der Waals surface area (Å²) < 4.78 is 0. The van der Waals surface area contributed by atoms with Gasteiger partial charge in [0.15, 0.2) is 0 Å². The smallest absolute Gasteiger partial charge is 0.315 e. The maximum absolute atomic E-state index is 12.0. The predicted octanol–water partition coefficient (Wildman–Crippen LogP) is 3.14. The molecule has 1 aliphatic carbocycles. The van der Waals surface area contributed by atoms with Gasteiger partial charge in [-0.3, -0.25) is 4.79 Å². The second kappa shape index (κ2) is 8.90. The number of aliphatic carboxylic acids is 1. The zero-order valence-corrected chi connectivity index (χ0v) is 13.5. The highest BCUT2D eigenvalue weighted by atomic mass is 16.4. The lowest BCUT2D eigenvalue weighted by Gasteiger charge is -2.30. The molecule has 2 amide bonds. The van der Waals surface area contributed by atoms with Crippen LogP contribution < -0.4 is 10.6 Å². The fraction of sp³-hybridized carbons (Fsp3) is 0.875. The average molecular weight is 298 g/mol. The zero-order valence-electron chi connectivity index (χ0n) is 13.5. The first-order valence-electron chi connectivity index (χ1n) is 8.21. The van der Waals surface area contributed by atoms with Crippen LogP contribution in [0.2, 0.25) is 0 Å². The first-order valence-corrected chi connectivity index (χ1v) is 8.21. The molecule has 0 bridgehead atoms. The van der Waals surface area contributed by atoms with Gasteiger partial charge in [-0.1, -0.05) is 33.6 Å². The third-order valence-corrected chi connectivity index (χ3v) is 4.39. The van der Waals surface area contributed by atoms with Crippen molar-refractivity contribution in [3.05, 3.63) is 0 Å². The molecule has 1 atom stereocenters. The van der Waals surface area contributed by atoms with Crippen molar-refractivity contribution in [2.45, 2.75) is 77.8 Å². The van der Waals surface area contributed by atoms with E-state index in [4.69, 9.17) is 5.11 Å². The topological polar surface area (TPSA) is 78.4 Å². The van der Waals surface area contributed by atoms with Crippen molar-refractivity contribution in [2.24, 2.45) is 11.8 Å². The van der Waals surface area contributed by atoms with Crippen molar-refractivity contribution < 1.29 is 14.7 Å². The maximum atomic E-state index is 12.0. The summed E-state index contributed by atoms with van der Waals surface area (Å²) in [7, 11) is 0. The van der Waals surface area contributed by atoms with Crippen LogP contribution in [0.4, 0.5) is 4.79 Å². The minimum absolute atomic E-state index is 0.0334. The van der Waals surface area contributed by atoms with Crippen LogP contribution in [0.25, 0.3) is 0 Å². The quantitative estimate of drug-likeness (QED) is 0.675. The molecule has 0 aliphatic heterocycles. The molecule has 5 nitrogen and oxygen atoms in total. The minimum Gasteiger partial charge on any atom is -0.481 e. The van der Waals surface area contributed by atoms with Crippen LogP contribution in [0.3, 0.4) is 0 Å². The van der Waals surface area contributed by atoms with E-state index in [9.17, 15) is 9.59 Å². The van der Waals surface area contributed by atoms with Crippen molar-refractivity contribution in [3.63, 3.8) is 0 Å². The highest BCUT2D eigenvalue weighted by Gasteiger charge is 2.24. The van der Waals surface area contributed by atoms with Crippen molar-refractivity contribution in [3.8, 4) is 0 Å². The molecule has 0 aromatic heterocycles. The van der Waals surface area contributed by atoms with Gasteiger partial charge in [-0.15, -0.1) is 0 Å². The fourth-order valence-electron chi connectivity index (χ4n) is 3.04. The van der Waals surface area contributed by atoms with E-state index in [1.807, 2.05) is 13.8 Å². The number of rotatable bonds is 7. The molecule has 1 aliphatic rings. The Balaban J connectivity index is 2.34. The molecule has 0 saturated heterocycles. The van der Waals surface area contributed by atoms with E-state index < -0.39 is 5.97 Å². The number of carboxylic acids is 1. The van der Waals surface area contributed by atoms with Crippen LogP contribution in [0.1, 0.15) is 65.7 Å². The van der Waals surface area contributed by atoms with Gasteiger partial charge in [0.05, 0.1) is 6.42 Å². The Bertz CT molecular complexity index is 336. The van der Waals surface area contributed by atoms with Crippen LogP contribution >= 0.6 is 0 Å².